The molecule has 0 spiro atoms. The SMILES string of the molecule is O=C(O)[C@H]1CN(CC(F)(F)F)C[C@H]1c1c(F)cccc1Cl. The molecule has 1 aromatic carbocycles. The minimum Gasteiger partial charge on any atom is -0.481 e. The van der Waals surface area contributed by atoms with E-state index in [-0.39, 0.29) is 23.7 Å². The average molecular weight is 326 g/mol. The van der Waals surface area contributed by atoms with Gasteiger partial charge in [-0.25, -0.2) is 4.39 Å². The molecule has 0 aliphatic carbocycles. The zero-order valence-electron chi connectivity index (χ0n) is 10.7. The van der Waals surface area contributed by atoms with Crippen LogP contribution in [0.5, 0.6) is 0 Å². The van der Waals surface area contributed by atoms with Crippen molar-refractivity contribution in [3.8, 4) is 0 Å². The number of hydrogen-bond donors (Lipinski definition) is 1. The van der Waals surface area contributed by atoms with Gasteiger partial charge in [-0.3, -0.25) is 9.69 Å². The number of carboxylic acid groups (broad SMARTS) is 1. The maximum atomic E-state index is 13.9. The fraction of sp³-hybridized carbons (Fsp3) is 0.462. The zero-order valence-corrected chi connectivity index (χ0v) is 11.5. The molecular formula is C13H12ClF4NO2. The lowest BCUT2D eigenvalue weighted by molar-refractivity contribution is -0.147. The first-order valence-electron chi connectivity index (χ1n) is 6.15. The van der Waals surface area contributed by atoms with Gasteiger partial charge in [-0.15, -0.1) is 0 Å². The summed E-state index contributed by atoms with van der Waals surface area (Å²) >= 11 is 5.89. The molecule has 0 unspecified atom stereocenters. The molecule has 21 heavy (non-hydrogen) atoms. The van der Waals surface area contributed by atoms with Crippen LogP contribution in [0.15, 0.2) is 18.2 Å². The van der Waals surface area contributed by atoms with Crippen LogP contribution in [0.25, 0.3) is 0 Å². The predicted octanol–water partition coefficient (Wildman–Crippen LogP) is 3.14. The first-order valence-corrected chi connectivity index (χ1v) is 6.52. The summed E-state index contributed by atoms with van der Waals surface area (Å²) in [7, 11) is 0. The Morgan fingerprint density at radius 2 is 2.05 bits per heavy atom. The van der Waals surface area contributed by atoms with Gasteiger partial charge in [0.1, 0.15) is 5.82 Å². The topological polar surface area (TPSA) is 40.5 Å². The molecule has 8 heteroatoms. The maximum absolute atomic E-state index is 13.9. The van der Waals surface area contributed by atoms with Gasteiger partial charge in [-0.2, -0.15) is 13.2 Å². The summed E-state index contributed by atoms with van der Waals surface area (Å²) in [6.45, 7) is -1.71. The lowest BCUT2D eigenvalue weighted by Crippen LogP contribution is -2.33. The van der Waals surface area contributed by atoms with Crippen LogP contribution in [0.2, 0.25) is 5.02 Å². The van der Waals surface area contributed by atoms with E-state index in [1.807, 2.05) is 0 Å². The smallest absolute Gasteiger partial charge is 0.401 e. The van der Waals surface area contributed by atoms with Crippen molar-refractivity contribution in [2.45, 2.75) is 12.1 Å². The number of nitrogens with zero attached hydrogens (tertiary/aromatic N) is 1. The van der Waals surface area contributed by atoms with Crippen molar-refractivity contribution in [3.63, 3.8) is 0 Å². The molecule has 116 valence electrons. The molecule has 1 aliphatic heterocycles. The van der Waals surface area contributed by atoms with Gasteiger partial charge in [0.25, 0.3) is 0 Å². The normalized spacial score (nSPS) is 23.5. The molecule has 2 rings (SSSR count). The summed E-state index contributed by atoms with van der Waals surface area (Å²) in [5.41, 5.74) is -0.0313. The Morgan fingerprint density at radius 3 is 2.57 bits per heavy atom. The van der Waals surface area contributed by atoms with Gasteiger partial charge in [0.05, 0.1) is 12.5 Å². The Kier molecular flexibility index (Phi) is 4.43. The molecule has 1 N–H and O–H groups in total. The van der Waals surface area contributed by atoms with Gasteiger partial charge in [-0.05, 0) is 12.1 Å². The first-order chi connectivity index (χ1) is 9.69. The second-order valence-electron chi connectivity index (χ2n) is 5.00. The Bertz CT molecular complexity index is 529. The zero-order chi connectivity index (χ0) is 15.8. The van der Waals surface area contributed by atoms with Crippen molar-refractivity contribution in [2.24, 2.45) is 5.92 Å². The van der Waals surface area contributed by atoms with E-state index in [1.165, 1.54) is 12.1 Å². The number of benzene rings is 1. The van der Waals surface area contributed by atoms with Gasteiger partial charge in [0.2, 0.25) is 0 Å². The van der Waals surface area contributed by atoms with Crippen LogP contribution in [0, 0.1) is 11.7 Å². The summed E-state index contributed by atoms with van der Waals surface area (Å²) in [4.78, 5) is 12.2. The molecule has 1 aromatic rings. The average Bonchev–Trinajstić information content (AvgIpc) is 2.70. The maximum Gasteiger partial charge on any atom is 0.401 e. The predicted molar refractivity (Wildman–Crippen MR) is 67.8 cm³/mol. The third-order valence-corrected chi connectivity index (χ3v) is 3.82. The van der Waals surface area contributed by atoms with Crippen LogP contribution in [-0.4, -0.2) is 41.8 Å². The summed E-state index contributed by atoms with van der Waals surface area (Å²) in [5, 5.41) is 9.20. The van der Waals surface area contributed by atoms with E-state index in [9.17, 15) is 22.4 Å². The van der Waals surface area contributed by atoms with Gasteiger partial charge in [0, 0.05) is 29.6 Å². The van der Waals surface area contributed by atoms with Crippen molar-refractivity contribution in [3.05, 3.63) is 34.6 Å². The molecule has 1 heterocycles. The van der Waals surface area contributed by atoms with Crippen LogP contribution < -0.4 is 0 Å². The molecule has 0 radical (unpaired) electrons. The molecule has 2 atom stereocenters. The van der Waals surface area contributed by atoms with Crippen molar-refractivity contribution >= 4 is 17.6 Å². The highest BCUT2D eigenvalue weighted by Gasteiger charge is 2.44. The number of hydrogen-bond acceptors (Lipinski definition) is 2. The van der Waals surface area contributed by atoms with Crippen molar-refractivity contribution in [2.75, 3.05) is 19.6 Å². The summed E-state index contributed by atoms with van der Waals surface area (Å²) in [5.74, 6) is -3.99. The molecular weight excluding hydrogens is 314 g/mol. The fourth-order valence-electron chi connectivity index (χ4n) is 2.68. The summed E-state index contributed by atoms with van der Waals surface area (Å²) < 4.78 is 51.2. The first kappa shape index (κ1) is 16.0. The number of carbonyl (C=O) groups is 1. The molecule has 0 saturated carbocycles. The van der Waals surface area contributed by atoms with E-state index < -0.39 is 36.3 Å². The van der Waals surface area contributed by atoms with Crippen molar-refractivity contribution in [1.82, 2.24) is 4.90 Å². The second-order valence-corrected chi connectivity index (χ2v) is 5.40. The van der Waals surface area contributed by atoms with Crippen LogP contribution in [0.3, 0.4) is 0 Å². The number of rotatable bonds is 3. The minimum absolute atomic E-state index is 0.0279. The van der Waals surface area contributed by atoms with E-state index in [0.29, 0.717) is 0 Å². The minimum atomic E-state index is -4.43. The van der Waals surface area contributed by atoms with E-state index >= 15 is 0 Å². The molecule has 0 bridgehead atoms. The Hall–Kier alpha value is -1.34. The fourth-order valence-corrected chi connectivity index (χ4v) is 2.98. The summed E-state index contributed by atoms with van der Waals surface area (Å²) in [6, 6.07) is 3.87. The lowest BCUT2D eigenvalue weighted by Gasteiger charge is -2.18. The number of halogens is 5. The van der Waals surface area contributed by atoms with E-state index in [0.717, 1.165) is 11.0 Å². The molecule has 1 aliphatic rings. The van der Waals surface area contributed by atoms with Crippen LogP contribution in [0.1, 0.15) is 11.5 Å². The van der Waals surface area contributed by atoms with Gasteiger partial charge in [-0.1, -0.05) is 17.7 Å². The van der Waals surface area contributed by atoms with Crippen LogP contribution in [0.4, 0.5) is 17.6 Å². The highest BCUT2D eigenvalue weighted by molar-refractivity contribution is 6.31. The molecule has 1 fully saturated rings. The summed E-state index contributed by atoms with van der Waals surface area (Å²) in [6.07, 6.45) is -4.43. The van der Waals surface area contributed by atoms with Gasteiger partial charge in [0.15, 0.2) is 0 Å². The number of alkyl halides is 3. The number of carboxylic acids is 1. The quantitative estimate of drug-likeness (QED) is 0.868. The highest BCUT2D eigenvalue weighted by Crippen LogP contribution is 2.38. The Balaban J connectivity index is 2.31. The standard InChI is InChI=1S/C13H12ClF4NO2/c14-9-2-1-3-10(15)11(9)7-4-19(6-13(16,17)18)5-8(7)12(20)21/h1-3,7-8H,4-6H2,(H,20,21)/t7-,8+/m1/s1. The lowest BCUT2D eigenvalue weighted by atomic mass is 9.88. The number of likely N-dealkylation sites (tertiary alicyclic amines) is 1. The molecule has 0 amide bonds. The highest BCUT2D eigenvalue weighted by atomic mass is 35.5. The number of aliphatic carboxylic acids is 1. The van der Waals surface area contributed by atoms with Crippen molar-refractivity contribution < 1.29 is 27.5 Å². The van der Waals surface area contributed by atoms with E-state index in [2.05, 4.69) is 0 Å². The van der Waals surface area contributed by atoms with E-state index in [4.69, 9.17) is 16.7 Å². The monoisotopic (exact) mass is 325 g/mol. The third-order valence-electron chi connectivity index (χ3n) is 3.49. The largest absolute Gasteiger partial charge is 0.481 e. The van der Waals surface area contributed by atoms with Crippen LogP contribution >= 0.6 is 11.6 Å². The molecule has 3 nitrogen and oxygen atoms in total. The molecule has 1 saturated heterocycles. The second kappa shape index (κ2) is 5.81. The van der Waals surface area contributed by atoms with Crippen LogP contribution in [-0.2, 0) is 4.79 Å². The van der Waals surface area contributed by atoms with Gasteiger partial charge < -0.3 is 5.11 Å². The van der Waals surface area contributed by atoms with Gasteiger partial charge >= 0.3 is 12.1 Å². The molecule has 0 aromatic heterocycles. The van der Waals surface area contributed by atoms with Crippen molar-refractivity contribution in [1.29, 1.82) is 0 Å². The third kappa shape index (κ3) is 3.65. The van der Waals surface area contributed by atoms with E-state index in [1.54, 1.807) is 0 Å². The Morgan fingerprint density at radius 1 is 1.38 bits per heavy atom. The Labute approximate surface area is 123 Å².